The lowest BCUT2D eigenvalue weighted by molar-refractivity contribution is -0.117. The Morgan fingerprint density at radius 3 is 2.81 bits per heavy atom. The molecule has 1 amide bonds. The highest BCUT2D eigenvalue weighted by Gasteiger charge is 2.30. The highest BCUT2D eigenvalue weighted by Crippen LogP contribution is 2.29. The predicted molar refractivity (Wildman–Crippen MR) is 75.3 cm³/mol. The molecule has 2 rings (SSSR count). The van der Waals surface area contributed by atoms with E-state index < -0.39 is 0 Å². The molecule has 1 aromatic carbocycles. The molecule has 1 aliphatic rings. The second-order valence-electron chi connectivity index (χ2n) is 3.83. The summed E-state index contributed by atoms with van der Waals surface area (Å²) in [5.41, 5.74) is 0.864. The van der Waals surface area contributed by atoms with Crippen LogP contribution in [0, 0.1) is 9.49 Å². The zero-order valence-electron chi connectivity index (χ0n) is 8.42. The third-order valence-corrected chi connectivity index (χ3v) is 4.65. The van der Waals surface area contributed by atoms with Crippen LogP contribution in [0.15, 0.2) is 18.2 Å². The van der Waals surface area contributed by atoms with E-state index in [-0.39, 0.29) is 11.8 Å². The highest BCUT2D eigenvalue weighted by molar-refractivity contribution is 14.1. The van der Waals surface area contributed by atoms with E-state index in [1.165, 1.54) is 0 Å². The average Bonchev–Trinajstić information content (AvgIpc) is 2.64. The molecule has 1 aromatic rings. The summed E-state index contributed by atoms with van der Waals surface area (Å²) in [6, 6.07) is 5.67. The molecule has 5 heteroatoms. The number of hydrogen-bond acceptors (Lipinski definition) is 1. The lowest BCUT2D eigenvalue weighted by Crippen LogP contribution is -2.24. The number of rotatable bonds is 2. The maximum atomic E-state index is 11.8. The second-order valence-corrected chi connectivity index (χ2v) is 5.71. The van der Waals surface area contributed by atoms with Crippen molar-refractivity contribution in [2.45, 2.75) is 6.42 Å². The van der Waals surface area contributed by atoms with Crippen molar-refractivity contribution in [1.29, 1.82) is 0 Å². The smallest absolute Gasteiger partial charge is 0.227 e. The monoisotopic (exact) mass is 369 g/mol. The Labute approximate surface area is 118 Å². The number of carbonyl (C=O) groups excluding carboxylic acids is 1. The Hall–Kier alpha value is -0.0000000000000000555. The predicted octanol–water partition coefficient (Wildman–Crippen LogP) is 3.54. The van der Waals surface area contributed by atoms with Gasteiger partial charge >= 0.3 is 0 Å². The standard InChI is InChI=1S/C11H10Cl2INO/c12-5-7-3-11(16)15(6-7)8-1-2-10(14)9(13)4-8/h1-2,4,7H,3,5-6H2. The van der Waals surface area contributed by atoms with Gasteiger partial charge in [0.2, 0.25) is 5.91 Å². The van der Waals surface area contributed by atoms with Crippen LogP contribution in [-0.4, -0.2) is 18.3 Å². The van der Waals surface area contributed by atoms with Gasteiger partial charge in [-0.25, -0.2) is 0 Å². The minimum absolute atomic E-state index is 0.128. The van der Waals surface area contributed by atoms with Gasteiger partial charge in [-0.1, -0.05) is 11.6 Å². The zero-order chi connectivity index (χ0) is 11.7. The first-order chi connectivity index (χ1) is 7.61. The van der Waals surface area contributed by atoms with Crippen molar-refractivity contribution in [2.75, 3.05) is 17.3 Å². The Morgan fingerprint density at radius 2 is 2.25 bits per heavy atom. The Balaban J connectivity index is 2.24. The summed E-state index contributed by atoms with van der Waals surface area (Å²) in [7, 11) is 0. The highest BCUT2D eigenvalue weighted by atomic mass is 127. The topological polar surface area (TPSA) is 20.3 Å². The van der Waals surface area contributed by atoms with Gasteiger partial charge in [-0.2, -0.15) is 0 Å². The van der Waals surface area contributed by atoms with Crippen LogP contribution in [0.25, 0.3) is 0 Å². The molecule has 1 aliphatic heterocycles. The van der Waals surface area contributed by atoms with Gasteiger partial charge in [-0.3, -0.25) is 4.79 Å². The molecule has 1 fully saturated rings. The summed E-state index contributed by atoms with van der Waals surface area (Å²) >= 11 is 14.0. The fourth-order valence-corrected chi connectivity index (χ4v) is 2.50. The second kappa shape index (κ2) is 5.10. The van der Waals surface area contributed by atoms with Crippen molar-refractivity contribution in [2.24, 2.45) is 5.92 Å². The molecule has 86 valence electrons. The largest absolute Gasteiger partial charge is 0.312 e. The van der Waals surface area contributed by atoms with Crippen molar-refractivity contribution >= 4 is 57.4 Å². The van der Waals surface area contributed by atoms with Crippen LogP contribution >= 0.6 is 45.8 Å². The SMILES string of the molecule is O=C1CC(CCl)CN1c1ccc(I)c(Cl)c1. The average molecular weight is 370 g/mol. The Morgan fingerprint density at radius 1 is 1.50 bits per heavy atom. The molecule has 0 spiro atoms. The summed E-state index contributed by atoms with van der Waals surface area (Å²) in [6.45, 7) is 0.694. The summed E-state index contributed by atoms with van der Waals surface area (Å²) in [4.78, 5) is 13.5. The van der Waals surface area contributed by atoms with Crippen LogP contribution in [0.3, 0.4) is 0 Å². The van der Waals surface area contributed by atoms with Crippen LogP contribution in [0.2, 0.25) is 5.02 Å². The minimum atomic E-state index is 0.128. The van der Waals surface area contributed by atoms with E-state index in [0.29, 0.717) is 23.9 Å². The summed E-state index contributed by atoms with van der Waals surface area (Å²) in [6.07, 6.45) is 0.535. The van der Waals surface area contributed by atoms with Crippen LogP contribution in [-0.2, 0) is 4.79 Å². The van der Waals surface area contributed by atoms with E-state index in [1.54, 1.807) is 4.90 Å². The number of carbonyl (C=O) groups is 1. The number of nitrogens with zero attached hydrogens (tertiary/aromatic N) is 1. The number of halogens is 3. The molecule has 1 atom stereocenters. The fraction of sp³-hybridized carbons (Fsp3) is 0.364. The molecule has 0 bridgehead atoms. The number of hydrogen-bond donors (Lipinski definition) is 0. The van der Waals surface area contributed by atoms with Crippen LogP contribution < -0.4 is 4.90 Å². The van der Waals surface area contributed by atoms with E-state index in [0.717, 1.165) is 9.26 Å². The molecule has 1 unspecified atom stereocenters. The van der Waals surface area contributed by atoms with Crippen molar-refractivity contribution in [1.82, 2.24) is 0 Å². The number of amides is 1. The van der Waals surface area contributed by atoms with Crippen molar-refractivity contribution in [3.05, 3.63) is 26.8 Å². The first-order valence-corrected chi connectivity index (χ1v) is 6.92. The van der Waals surface area contributed by atoms with Gasteiger partial charge in [0.15, 0.2) is 0 Å². The zero-order valence-corrected chi connectivity index (χ0v) is 12.1. The molecule has 16 heavy (non-hydrogen) atoms. The van der Waals surface area contributed by atoms with Gasteiger partial charge in [0.05, 0.1) is 5.02 Å². The molecule has 0 aliphatic carbocycles. The minimum Gasteiger partial charge on any atom is -0.312 e. The number of anilines is 1. The van der Waals surface area contributed by atoms with E-state index in [4.69, 9.17) is 23.2 Å². The lowest BCUT2D eigenvalue weighted by Gasteiger charge is -2.16. The van der Waals surface area contributed by atoms with Gasteiger partial charge in [-0.05, 0) is 46.7 Å². The normalized spacial score (nSPS) is 20.6. The molecular formula is C11H10Cl2INO. The van der Waals surface area contributed by atoms with Crippen molar-refractivity contribution < 1.29 is 4.79 Å². The number of benzene rings is 1. The van der Waals surface area contributed by atoms with Crippen LogP contribution in [0.1, 0.15) is 6.42 Å². The molecule has 0 radical (unpaired) electrons. The third-order valence-electron chi connectivity index (χ3n) is 2.64. The Kier molecular flexibility index (Phi) is 3.97. The molecule has 0 N–H and O–H groups in total. The quantitative estimate of drug-likeness (QED) is 0.576. The van der Waals surface area contributed by atoms with E-state index >= 15 is 0 Å². The molecule has 1 saturated heterocycles. The Bertz CT molecular complexity index is 424. The fourth-order valence-electron chi connectivity index (χ4n) is 1.79. The van der Waals surface area contributed by atoms with E-state index in [1.807, 2.05) is 18.2 Å². The summed E-state index contributed by atoms with van der Waals surface area (Å²) in [5, 5.41) is 0.681. The summed E-state index contributed by atoms with van der Waals surface area (Å²) in [5.74, 6) is 0.913. The van der Waals surface area contributed by atoms with Gasteiger partial charge < -0.3 is 4.90 Å². The maximum Gasteiger partial charge on any atom is 0.227 e. The van der Waals surface area contributed by atoms with Crippen LogP contribution in [0.4, 0.5) is 5.69 Å². The molecule has 2 nitrogen and oxygen atoms in total. The van der Waals surface area contributed by atoms with Gasteiger partial charge in [-0.15, -0.1) is 11.6 Å². The van der Waals surface area contributed by atoms with Crippen molar-refractivity contribution in [3.63, 3.8) is 0 Å². The van der Waals surface area contributed by atoms with E-state index in [2.05, 4.69) is 22.6 Å². The van der Waals surface area contributed by atoms with Gasteiger partial charge in [0, 0.05) is 28.1 Å². The third kappa shape index (κ3) is 2.46. The van der Waals surface area contributed by atoms with E-state index in [9.17, 15) is 4.79 Å². The maximum absolute atomic E-state index is 11.8. The molecular weight excluding hydrogens is 360 g/mol. The summed E-state index contributed by atoms with van der Waals surface area (Å²) < 4.78 is 0.989. The number of alkyl halides is 1. The molecule has 0 saturated carbocycles. The first kappa shape index (κ1) is 12.5. The molecule has 0 aromatic heterocycles. The first-order valence-electron chi connectivity index (χ1n) is 4.93. The van der Waals surface area contributed by atoms with Gasteiger partial charge in [0.1, 0.15) is 0 Å². The van der Waals surface area contributed by atoms with Crippen LogP contribution in [0.5, 0.6) is 0 Å². The van der Waals surface area contributed by atoms with Crippen molar-refractivity contribution in [3.8, 4) is 0 Å². The molecule has 1 heterocycles. The van der Waals surface area contributed by atoms with Gasteiger partial charge in [0.25, 0.3) is 0 Å². The lowest BCUT2D eigenvalue weighted by atomic mass is 10.1.